The summed E-state index contributed by atoms with van der Waals surface area (Å²) in [5, 5.41) is 4.05. The van der Waals surface area contributed by atoms with Gasteiger partial charge in [-0.3, -0.25) is 14.4 Å². The molecule has 1 aromatic heterocycles. The summed E-state index contributed by atoms with van der Waals surface area (Å²) in [7, 11) is 0. The van der Waals surface area contributed by atoms with Gasteiger partial charge >= 0.3 is 0 Å². The van der Waals surface area contributed by atoms with E-state index in [1.807, 2.05) is 62.5 Å². The zero-order chi connectivity index (χ0) is 23.1. The van der Waals surface area contributed by atoms with Crippen molar-refractivity contribution in [2.45, 2.75) is 20.3 Å². The Kier molecular flexibility index (Phi) is 5.05. The lowest BCUT2D eigenvalue weighted by atomic mass is 10.1. The van der Waals surface area contributed by atoms with Crippen LogP contribution in [-0.4, -0.2) is 29.3 Å². The van der Waals surface area contributed by atoms with Crippen LogP contribution in [0.1, 0.15) is 47.8 Å². The molecule has 0 spiro atoms. The average Bonchev–Trinajstić information content (AvgIpc) is 3.34. The first-order valence-electron chi connectivity index (χ1n) is 10.9. The number of carbonyl (C=O) groups is 3. The number of para-hydroxylation sites is 1. The first-order chi connectivity index (χ1) is 15.9. The highest BCUT2D eigenvalue weighted by Gasteiger charge is 2.37. The molecular weight excluding hydrogens is 414 g/mol. The fourth-order valence-electron chi connectivity index (χ4n) is 4.31. The molecule has 6 heteroatoms. The maximum Gasteiger partial charge on any atom is 0.266 e. The second kappa shape index (κ2) is 8.06. The summed E-state index contributed by atoms with van der Waals surface area (Å²) < 4.78 is 0. The lowest BCUT2D eigenvalue weighted by Gasteiger charge is -2.17. The lowest BCUT2D eigenvalue weighted by Crippen LogP contribution is -2.30. The first-order valence-corrected chi connectivity index (χ1v) is 10.9. The summed E-state index contributed by atoms with van der Waals surface area (Å²) in [6, 6.07) is 18.4. The maximum atomic E-state index is 13.1. The van der Waals surface area contributed by atoms with Gasteiger partial charge in [-0.2, -0.15) is 0 Å². The number of benzene rings is 3. The van der Waals surface area contributed by atoms with Crippen LogP contribution in [0, 0.1) is 13.8 Å². The summed E-state index contributed by atoms with van der Waals surface area (Å²) in [6.07, 6.45) is 2.64. The minimum atomic E-state index is -0.405. The van der Waals surface area contributed by atoms with Gasteiger partial charge in [-0.1, -0.05) is 30.3 Å². The molecule has 3 aromatic carbocycles. The standard InChI is InChI=1S/C27H23N3O3/c1-16-7-8-17(2)24(13-16)30-26(32)21-10-9-18(14-22(21)27(30)33)25(31)28-12-11-19-15-29-23-6-4-3-5-20(19)23/h3-10,13-15,29H,11-12H2,1-2H3,(H,28,31). The number of aromatic nitrogens is 1. The van der Waals surface area contributed by atoms with Crippen LogP contribution in [0.5, 0.6) is 0 Å². The van der Waals surface area contributed by atoms with E-state index in [9.17, 15) is 14.4 Å². The second-order valence-corrected chi connectivity index (χ2v) is 8.36. The minimum absolute atomic E-state index is 0.255. The minimum Gasteiger partial charge on any atom is -0.361 e. The Bertz CT molecular complexity index is 1430. The zero-order valence-corrected chi connectivity index (χ0v) is 18.4. The highest BCUT2D eigenvalue weighted by atomic mass is 16.2. The zero-order valence-electron chi connectivity index (χ0n) is 18.4. The largest absolute Gasteiger partial charge is 0.361 e. The Labute approximate surface area is 191 Å². The van der Waals surface area contributed by atoms with Crippen molar-refractivity contribution >= 4 is 34.3 Å². The van der Waals surface area contributed by atoms with Gasteiger partial charge in [0.15, 0.2) is 0 Å². The van der Waals surface area contributed by atoms with Crippen molar-refractivity contribution in [3.63, 3.8) is 0 Å². The quantitative estimate of drug-likeness (QED) is 0.449. The van der Waals surface area contributed by atoms with E-state index in [1.54, 1.807) is 12.1 Å². The topological polar surface area (TPSA) is 82.3 Å². The number of nitrogens with one attached hydrogen (secondary N) is 2. The SMILES string of the molecule is Cc1ccc(C)c(N2C(=O)c3ccc(C(=O)NCCc4c[nH]c5ccccc45)cc3C2=O)c1. The van der Waals surface area contributed by atoms with Crippen LogP contribution in [-0.2, 0) is 6.42 Å². The number of anilines is 1. The number of imide groups is 1. The van der Waals surface area contributed by atoms with E-state index in [0.717, 1.165) is 27.6 Å². The number of carbonyl (C=O) groups excluding carboxylic acids is 3. The molecule has 0 bridgehead atoms. The van der Waals surface area contributed by atoms with Crippen molar-refractivity contribution in [2.75, 3.05) is 11.4 Å². The third-order valence-corrected chi connectivity index (χ3v) is 6.11. The molecule has 0 radical (unpaired) electrons. The predicted octanol–water partition coefficient (Wildman–Crippen LogP) is 4.56. The molecule has 0 aliphatic carbocycles. The van der Waals surface area contributed by atoms with Crippen LogP contribution in [0.3, 0.4) is 0 Å². The van der Waals surface area contributed by atoms with Crippen molar-refractivity contribution in [3.8, 4) is 0 Å². The fraction of sp³-hybridized carbons (Fsp3) is 0.148. The molecule has 3 amide bonds. The number of nitrogens with zero attached hydrogens (tertiary/aromatic N) is 1. The molecule has 1 aliphatic rings. The summed E-state index contributed by atoms with van der Waals surface area (Å²) in [4.78, 5) is 43.3. The molecule has 1 aliphatic heterocycles. The number of hydrogen-bond acceptors (Lipinski definition) is 3. The number of fused-ring (bicyclic) bond motifs is 2. The highest BCUT2D eigenvalue weighted by Crippen LogP contribution is 2.31. The van der Waals surface area contributed by atoms with Crippen molar-refractivity contribution in [1.82, 2.24) is 10.3 Å². The van der Waals surface area contributed by atoms with Crippen molar-refractivity contribution in [3.05, 3.63) is 100 Å². The smallest absolute Gasteiger partial charge is 0.266 e. The van der Waals surface area contributed by atoms with Gasteiger partial charge in [0.25, 0.3) is 17.7 Å². The van der Waals surface area contributed by atoms with Crippen molar-refractivity contribution in [2.24, 2.45) is 0 Å². The van der Waals surface area contributed by atoms with Crippen LogP contribution in [0.15, 0.2) is 66.9 Å². The summed E-state index contributed by atoms with van der Waals surface area (Å²) in [5.41, 5.74) is 5.50. The van der Waals surface area contributed by atoms with E-state index >= 15 is 0 Å². The number of aromatic amines is 1. The molecule has 5 rings (SSSR count). The van der Waals surface area contributed by atoms with Gasteiger partial charge in [0.2, 0.25) is 0 Å². The Morgan fingerprint density at radius 1 is 0.939 bits per heavy atom. The van der Waals surface area contributed by atoms with E-state index in [1.165, 1.54) is 11.0 Å². The van der Waals surface area contributed by atoms with Gasteiger partial charge in [-0.05, 0) is 67.3 Å². The van der Waals surface area contributed by atoms with E-state index in [0.29, 0.717) is 29.8 Å². The van der Waals surface area contributed by atoms with Gasteiger partial charge in [0.05, 0.1) is 16.8 Å². The molecule has 0 atom stereocenters. The fourth-order valence-corrected chi connectivity index (χ4v) is 4.31. The van der Waals surface area contributed by atoms with Crippen molar-refractivity contribution in [1.29, 1.82) is 0 Å². The molecule has 33 heavy (non-hydrogen) atoms. The third-order valence-electron chi connectivity index (χ3n) is 6.11. The van der Waals surface area contributed by atoms with Gasteiger partial charge < -0.3 is 10.3 Å². The number of hydrogen-bond donors (Lipinski definition) is 2. The molecular formula is C27H23N3O3. The average molecular weight is 437 g/mol. The van der Waals surface area contributed by atoms with Gasteiger partial charge in [0.1, 0.15) is 0 Å². The van der Waals surface area contributed by atoms with E-state index in [2.05, 4.69) is 10.3 Å². The van der Waals surface area contributed by atoms with Gasteiger partial charge in [0, 0.05) is 29.2 Å². The normalized spacial score (nSPS) is 13.0. The maximum absolute atomic E-state index is 13.1. The van der Waals surface area contributed by atoms with E-state index < -0.39 is 5.91 Å². The number of H-pyrrole nitrogens is 1. The monoisotopic (exact) mass is 437 g/mol. The Balaban J connectivity index is 1.32. The van der Waals surface area contributed by atoms with Crippen LogP contribution in [0.2, 0.25) is 0 Å². The summed E-state index contributed by atoms with van der Waals surface area (Å²) in [5.74, 6) is -1.05. The lowest BCUT2D eigenvalue weighted by molar-refractivity contribution is 0.0923. The molecule has 0 saturated carbocycles. The second-order valence-electron chi connectivity index (χ2n) is 8.36. The number of amides is 3. The predicted molar refractivity (Wildman–Crippen MR) is 128 cm³/mol. The Morgan fingerprint density at radius 2 is 1.73 bits per heavy atom. The molecule has 2 heterocycles. The molecule has 0 unspecified atom stereocenters. The van der Waals surface area contributed by atoms with Crippen LogP contribution >= 0.6 is 0 Å². The Morgan fingerprint density at radius 3 is 2.58 bits per heavy atom. The van der Waals surface area contributed by atoms with E-state index in [-0.39, 0.29) is 17.4 Å². The van der Waals surface area contributed by atoms with Gasteiger partial charge in [-0.25, -0.2) is 4.90 Å². The molecule has 6 nitrogen and oxygen atoms in total. The summed E-state index contributed by atoms with van der Waals surface area (Å²) >= 11 is 0. The Hall–Kier alpha value is -4.19. The third kappa shape index (κ3) is 3.59. The molecule has 0 saturated heterocycles. The van der Waals surface area contributed by atoms with Crippen LogP contribution in [0.4, 0.5) is 5.69 Å². The molecule has 2 N–H and O–H groups in total. The number of aryl methyl sites for hydroxylation is 2. The van der Waals surface area contributed by atoms with Crippen molar-refractivity contribution < 1.29 is 14.4 Å². The molecule has 164 valence electrons. The van der Waals surface area contributed by atoms with Crippen LogP contribution < -0.4 is 10.2 Å². The van der Waals surface area contributed by atoms with E-state index in [4.69, 9.17) is 0 Å². The first kappa shape index (κ1) is 20.7. The number of rotatable bonds is 5. The molecule has 0 fully saturated rings. The van der Waals surface area contributed by atoms with Crippen LogP contribution in [0.25, 0.3) is 10.9 Å². The van der Waals surface area contributed by atoms with Gasteiger partial charge in [-0.15, -0.1) is 0 Å². The molecule has 4 aromatic rings. The highest BCUT2D eigenvalue weighted by molar-refractivity contribution is 6.35. The summed E-state index contributed by atoms with van der Waals surface area (Å²) in [6.45, 7) is 4.24.